The molecule has 98 valence electrons. The number of hydrogen-bond donors (Lipinski definition) is 1. The molecule has 2 rings (SSSR count). The Morgan fingerprint density at radius 1 is 1.28 bits per heavy atom. The zero-order valence-corrected chi connectivity index (χ0v) is 11.1. The fourth-order valence-electron chi connectivity index (χ4n) is 2.47. The molecule has 0 spiro atoms. The van der Waals surface area contributed by atoms with Gasteiger partial charge in [0.2, 0.25) is 0 Å². The topological polar surface area (TPSA) is 66.3 Å². The van der Waals surface area contributed by atoms with E-state index in [4.69, 9.17) is 0 Å². The summed E-state index contributed by atoms with van der Waals surface area (Å²) < 4.78 is 0. The first-order valence-corrected chi connectivity index (χ1v) is 6.32. The van der Waals surface area contributed by atoms with E-state index in [1.165, 1.54) is 0 Å². The Balaban J connectivity index is 2.42. The van der Waals surface area contributed by atoms with Crippen molar-refractivity contribution in [2.45, 2.75) is 46.1 Å². The smallest absolute Gasteiger partial charge is 0.326 e. The van der Waals surface area contributed by atoms with Crippen LogP contribution in [0.3, 0.4) is 0 Å². The lowest BCUT2D eigenvalue weighted by molar-refractivity contribution is -0.139. The Bertz CT molecular complexity index is 474. The van der Waals surface area contributed by atoms with E-state index in [1.54, 1.807) is 0 Å². The molecular formula is C13H19N3O2. The van der Waals surface area contributed by atoms with Crippen molar-refractivity contribution in [2.75, 3.05) is 11.4 Å². The number of piperidine rings is 1. The van der Waals surface area contributed by atoms with Crippen molar-refractivity contribution in [1.29, 1.82) is 0 Å². The predicted molar refractivity (Wildman–Crippen MR) is 68.9 cm³/mol. The number of carboxylic acids is 1. The molecule has 1 unspecified atom stereocenters. The second kappa shape index (κ2) is 4.92. The number of nitrogens with zero attached hydrogens (tertiary/aromatic N) is 3. The van der Waals surface area contributed by atoms with Crippen LogP contribution in [0.4, 0.5) is 5.82 Å². The number of anilines is 1. The van der Waals surface area contributed by atoms with Crippen LogP contribution in [0.5, 0.6) is 0 Å². The van der Waals surface area contributed by atoms with Gasteiger partial charge in [-0.05, 0) is 40.0 Å². The van der Waals surface area contributed by atoms with Crippen LogP contribution < -0.4 is 4.90 Å². The molecule has 2 heterocycles. The minimum Gasteiger partial charge on any atom is -0.480 e. The molecule has 0 radical (unpaired) electrons. The van der Waals surface area contributed by atoms with Crippen LogP contribution in [0, 0.1) is 20.8 Å². The maximum absolute atomic E-state index is 11.3. The molecule has 0 aliphatic carbocycles. The van der Waals surface area contributed by atoms with Crippen LogP contribution in [0.15, 0.2) is 0 Å². The van der Waals surface area contributed by atoms with E-state index in [2.05, 4.69) is 9.97 Å². The van der Waals surface area contributed by atoms with Gasteiger partial charge in [0, 0.05) is 17.8 Å². The van der Waals surface area contributed by atoms with Crippen molar-refractivity contribution in [3.8, 4) is 0 Å². The second-order valence-corrected chi connectivity index (χ2v) is 4.85. The fourth-order valence-corrected chi connectivity index (χ4v) is 2.47. The summed E-state index contributed by atoms with van der Waals surface area (Å²) in [4.78, 5) is 22.0. The number of aliphatic carboxylic acids is 1. The summed E-state index contributed by atoms with van der Waals surface area (Å²) in [6.45, 7) is 6.49. The number of carboxylic acid groups (broad SMARTS) is 1. The summed E-state index contributed by atoms with van der Waals surface area (Å²) in [5, 5.41) is 9.31. The highest BCUT2D eigenvalue weighted by Gasteiger charge is 2.30. The Labute approximate surface area is 107 Å². The molecule has 1 aromatic heterocycles. The molecule has 1 fully saturated rings. The van der Waals surface area contributed by atoms with Gasteiger partial charge >= 0.3 is 5.97 Å². The van der Waals surface area contributed by atoms with Crippen molar-refractivity contribution in [1.82, 2.24) is 9.97 Å². The molecule has 1 atom stereocenters. The minimum absolute atomic E-state index is 0.453. The lowest BCUT2D eigenvalue weighted by Gasteiger charge is -2.35. The molecule has 0 aromatic carbocycles. The molecule has 1 N–H and O–H groups in total. The van der Waals surface area contributed by atoms with Gasteiger partial charge in [-0.3, -0.25) is 0 Å². The van der Waals surface area contributed by atoms with Crippen molar-refractivity contribution < 1.29 is 9.90 Å². The summed E-state index contributed by atoms with van der Waals surface area (Å²) in [5.41, 5.74) is 1.90. The second-order valence-electron chi connectivity index (χ2n) is 4.85. The molecule has 1 saturated heterocycles. The van der Waals surface area contributed by atoms with Gasteiger partial charge in [0.1, 0.15) is 17.7 Å². The van der Waals surface area contributed by atoms with Gasteiger partial charge in [0.25, 0.3) is 0 Å². The monoisotopic (exact) mass is 249 g/mol. The summed E-state index contributed by atoms with van der Waals surface area (Å²) in [6, 6.07) is -0.453. The summed E-state index contributed by atoms with van der Waals surface area (Å²) in [5.74, 6) is 0.720. The lowest BCUT2D eigenvalue weighted by Crippen LogP contribution is -2.45. The van der Waals surface area contributed by atoms with Crippen molar-refractivity contribution in [3.63, 3.8) is 0 Å². The number of rotatable bonds is 2. The van der Waals surface area contributed by atoms with E-state index >= 15 is 0 Å². The number of aromatic nitrogens is 2. The first kappa shape index (κ1) is 12.8. The number of carbonyl (C=O) groups is 1. The van der Waals surface area contributed by atoms with E-state index in [9.17, 15) is 9.90 Å². The van der Waals surface area contributed by atoms with Crippen LogP contribution in [0.1, 0.15) is 36.3 Å². The molecule has 18 heavy (non-hydrogen) atoms. The zero-order chi connectivity index (χ0) is 13.3. The number of aryl methyl sites for hydroxylation is 2. The van der Waals surface area contributed by atoms with Crippen molar-refractivity contribution in [2.24, 2.45) is 0 Å². The Morgan fingerprint density at radius 3 is 2.67 bits per heavy atom. The van der Waals surface area contributed by atoms with Crippen LogP contribution >= 0.6 is 0 Å². The van der Waals surface area contributed by atoms with Crippen LogP contribution in [-0.2, 0) is 4.79 Å². The quantitative estimate of drug-likeness (QED) is 0.866. The predicted octanol–water partition coefficient (Wildman–Crippen LogP) is 1.85. The van der Waals surface area contributed by atoms with E-state index in [0.29, 0.717) is 12.2 Å². The molecule has 0 amide bonds. The van der Waals surface area contributed by atoms with Gasteiger partial charge in [-0.2, -0.15) is 0 Å². The standard InChI is InChI=1S/C13H19N3O2/c1-8-9(2)14-10(3)15-12(8)16-7-5-4-6-11(16)13(17)18/h11H,4-7H2,1-3H3,(H,17,18). The van der Waals surface area contributed by atoms with E-state index < -0.39 is 12.0 Å². The number of hydrogen-bond acceptors (Lipinski definition) is 4. The third kappa shape index (κ3) is 2.30. The zero-order valence-electron chi connectivity index (χ0n) is 11.1. The Kier molecular flexibility index (Phi) is 3.50. The fraction of sp³-hybridized carbons (Fsp3) is 0.615. The van der Waals surface area contributed by atoms with Crippen molar-refractivity contribution >= 4 is 11.8 Å². The molecule has 5 heteroatoms. The molecular weight excluding hydrogens is 230 g/mol. The molecule has 1 aliphatic heterocycles. The van der Waals surface area contributed by atoms with Gasteiger partial charge in [-0.15, -0.1) is 0 Å². The Hall–Kier alpha value is -1.65. The maximum atomic E-state index is 11.3. The third-order valence-electron chi connectivity index (χ3n) is 3.54. The molecule has 1 aromatic rings. The van der Waals surface area contributed by atoms with Gasteiger partial charge < -0.3 is 10.0 Å². The summed E-state index contributed by atoms with van der Waals surface area (Å²) >= 11 is 0. The van der Waals surface area contributed by atoms with Crippen LogP contribution in [-0.4, -0.2) is 33.6 Å². The third-order valence-corrected chi connectivity index (χ3v) is 3.54. The minimum atomic E-state index is -0.761. The average Bonchev–Trinajstić information content (AvgIpc) is 2.33. The first-order valence-electron chi connectivity index (χ1n) is 6.32. The normalized spacial score (nSPS) is 19.9. The SMILES string of the molecule is Cc1nc(C)c(C)c(N2CCCCC2C(=O)O)n1. The van der Waals surface area contributed by atoms with Crippen molar-refractivity contribution in [3.05, 3.63) is 17.1 Å². The van der Waals surface area contributed by atoms with Crippen LogP contribution in [0.2, 0.25) is 0 Å². The average molecular weight is 249 g/mol. The Morgan fingerprint density at radius 2 is 2.00 bits per heavy atom. The largest absolute Gasteiger partial charge is 0.480 e. The molecule has 0 saturated carbocycles. The van der Waals surface area contributed by atoms with Gasteiger partial charge in [0.05, 0.1) is 0 Å². The highest BCUT2D eigenvalue weighted by molar-refractivity contribution is 5.78. The molecule has 5 nitrogen and oxygen atoms in total. The maximum Gasteiger partial charge on any atom is 0.326 e. The highest BCUT2D eigenvalue weighted by Crippen LogP contribution is 2.27. The lowest BCUT2D eigenvalue weighted by atomic mass is 10.0. The molecule has 1 aliphatic rings. The van der Waals surface area contributed by atoms with E-state index in [1.807, 2.05) is 25.7 Å². The van der Waals surface area contributed by atoms with Gasteiger partial charge in [-0.25, -0.2) is 14.8 Å². The summed E-state index contributed by atoms with van der Waals surface area (Å²) in [6.07, 6.45) is 2.68. The summed E-state index contributed by atoms with van der Waals surface area (Å²) in [7, 11) is 0. The molecule has 0 bridgehead atoms. The van der Waals surface area contributed by atoms with Crippen LogP contribution in [0.25, 0.3) is 0 Å². The first-order chi connectivity index (χ1) is 8.50. The van der Waals surface area contributed by atoms with E-state index in [-0.39, 0.29) is 0 Å². The van der Waals surface area contributed by atoms with Gasteiger partial charge in [0.15, 0.2) is 0 Å². The van der Waals surface area contributed by atoms with Gasteiger partial charge in [-0.1, -0.05) is 0 Å². The highest BCUT2D eigenvalue weighted by atomic mass is 16.4. The van der Waals surface area contributed by atoms with E-state index in [0.717, 1.165) is 36.5 Å².